The van der Waals surface area contributed by atoms with Gasteiger partial charge in [0.15, 0.2) is 0 Å². The molecule has 1 saturated carbocycles. The van der Waals surface area contributed by atoms with Crippen LogP contribution in [0, 0.1) is 5.82 Å². The number of hydrogen-bond donors (Lipinski definition) is 1. The summed E-state index contributed by atoms with van der Waals surface area (Å²) in [6.45, 7) is 0.941. The third kappa shape index (κ3) is 3.57. The largest absolute Gasteiger partial charge is 0.334 e. The van der Waals surface area contributed by atoms with E-state index < -0.39 is 0 Å². The Morgan fingerprint density at radius 1 is 1.43 bits per heavy atom. The zero-order chi connectivity index (χ0) is 14.1. The van der Waals surface area contributed by atoms with Crippen LogP contribution in [0.1, 0.15) is 18.4 Å². The van der Waals surface area contributed by atoms with Gasteiger partial charge in [-0.2, -0.15) is 0 Å². The second-order valence-corrected chi connectivity index (χ2v) is 5.62. The Morgan fingerprint density at radius 3 is 2.76 bits per heavy atom. The Hall–Kier alpha value is -1.10. The van der Waals surface area contributed by atoms with E-state index in [2.05, 4.69) is 5.32 Å². The van der Waals surface area contributed by atoms with Gasteiger partial charge in [0.25, 0.3) is 0 Å². The Morgan fingerprint density at radius 2 is 2.19 bits per heavy atom. The van der Waals surface area contributed by atoms with Crippen molar-refractivity contribution in [3.63, 3.8) is 0 Å². The van der Waals surface area contributed by atoms with Crippen LogP contribution in [-0.4, -0.2) is 29.4 Å². The number of carbonyl (C=O) groups excluding carboxylic acids is 1. The molecule has 6 heteroatoms. The normalized spacial score (nSPS) is 20.2. The number of nitrogens with zero attached hydrogens (tertiary/aromatic N) is 1. The number of carbonyl (C=O) groups is 1. The molecule has 1 aromatic rings. The molecule has 0 radical (unpaired) electrons. The molecule has 1 aliphatic carbocycles. The Kier molecular flexibility index (Phi) is 5.25. The summed E-state index contributed by atoms with van der Waals surface area (Å²) in [5.41, 5.74) is 0.399. The van der Waals surface area contributed by atoms with E-state index in [1.54, 1.807) is 17.0 Å². The fourth-order valence-electron chi connectivity index (χ4n) is 2.44. The molecule has 1 N–H and O–H groups in total. The molecule has 114 valence electrons. The molecule has 21 heavy (non-hydrogen) atoms. The highest BCUT2D eigenvalue weighted by molar-refractivity contribution is 6.31. The fourth-order valence-corrected chi connectivity index (χ4v) is 2.67. The molecule has 1 unspecified atom stereocenters. The van der Waals surface area contributed by atoms with Crippen LogP contribution in [0.3, 0.4) is 0 Å². The summed E-state index contributed by atoms with van der Waals surface area (Å²) < 4.78 is 13.9. The molecule has 2 aliphatic rings. The molecule has 3 rings (SSSR count). The third-order valence-corrected chi connectivity index (χ3v) is 4.07. The predicted octanol–water partition coefficient (Wildman–Crippen LogP) is 2.92. The highest BCUT2D eigenvalue weighted by Gasteiger charge is 2.36. The van der Waals surface area contributed by atoms with Gasteiger partial charge >= 0.3 is 0 Å². The van der Waals surface area contributed by atoms with Gasteiger partial charge in [0.1, 0.15) is 11.9 Å². The van der Waals surface area contributed by atoms with Crippen molar-refractivity contribution in [2.75, 3.05) is 6.54 Å². The van der Waals surface area contributed by atoms with Crippen LogP contribution in [0.4, 0.5) is 4.39 Å². The number of benzene rings is 1. The summed E-state index contributed by atoms with van der Waals surface area (Å²) in [5, 5.41) is 3.48. The van der Waals surface area contributed by atoms with Crippen LogP contribution in [-0.2, 0) is 11.3 Å². The summed E-state index contributed by atoms with van der Waals surface area (Å²) in [4.78, 5) is 14.2. The third-order valence-electron chi connectivity index (χ3n) is 3.71. The van der Waals surface area contributed by atoms with Crippen molar-refractivity contribution < 1.29 is 9.18 Å². The SMILES string of the molecule is Cl.O=C(C1C=CCN1)N(Cc1c(F)cccc1Cl)C1CC1. The van der Waals surface area contributed by atoms with E-state index in [0.29, 0.717) is 17.1 Å². The zero-order valence-electron chi connectivity index (χ0n) is 11.4. The molecule has 1 aliphatic heterocycles. The number of rotatable bonds is 4. The quantitative estimate of drug-likeness (QED) is 0.861. The van der Waals surface area contributed by atoms with Crippen LogP contribution in [0.25, 0.3) is 0 Å². The van der Waals surface area contributed by atoms with Crippen LogP contribution < -0.4 is 5.32 Å². The van der Waals surface area contributed by atoms with Crippen LogP contribution in [0.2, 0.25) is 5.02 Å². The van der Waals surface area contributed by atoms with Crippen molar-refractivity contribution in [3.8, 4) is 0 Å². The lowest BCUT2D eigenvalue weighted by Gasteiger charge is -2.26. The number of amides is 1. The number of nitrogens with one attached hydrogen (secondary N) is 1. The van der Waals surface area contributed by atoms with Crippen molar-refractivity contribution in [2.24, 2.45) is 0 Å². The summed E-state index contributed by atoms with van der Waals surface area (Å²) in [7, 11) is 0. The highest BCUT2D eigenvalue weighted by Crippen LogP contribution is 2.31. The van der Waals surface area contributed by atoms with Crippen LogP contribution >= 0.6 is 24.0 Å². The van der Waals surface area contributed by atoms with E-state index in [1.807, 2.05) is 12.2 Å². The maximum atomic E-state index is 13.9. The van der Waals surface area contributed by atoms with Crippen LogP contribution in [0.5, 0.6) is 0 Å². The molecule has 0 aromatic heterocycles. The minimum atomic E-state index is -0.356. The Bertz CT molecular complexity index is 540. The number of halogens is 3. The van der Waals surface area contributed by atoms with Gasteiger partial charge in [0.05, 0.1) is 6.54 Å². The van der Waals surface area contributed by atoms with Gasteiger partial charge in [-0.15, -0.1) is 12.4 Å². The second kappa shape index (κ2) is 6.77. The topological polar surface area (TPSA) is 32.3 Å². The van der Waals surface area contributed by atoms with E-state index in [4.69, 9.17) is 11.6 Å². The molecule has 3 nitrogen and oxygen atoms in total. The molecule has 0 saturated heterocycles. The van der Waals surface area contributed by atoms with Gasteiger partial charge < -0.3 is 4.90 Å². The summed E-state index contributed by atoms with van der Waals surface area (Å²) in [6, 6.07) is 4.54. The van der Waals surface area contributed by atoms with Crippen molar-refractivity contribution in [1.82, 2.24) is 10.2 Å². The molecule has 1 amide bonds. The number of hydrogen-bond acceptors (Lipinski definition) is 2. The van der Waals surface area contributed by atoms with Crippen molar-refractivity contribution >= 4 is 29.9 Å². The molecule has 1 aromatic carbocycles. The first-order chi connectivity index (χ1) is 9.66. The average Bonchev–Trinajstić information content (AvgIpc) is 3.11. The summed E-state index contributed by atoms with van der Waals surface area (Å²) >= 11 is 6.06. The molecule has 0 spiro atoms. The first kappa shape index (κ1) is 16.3. The van der Waals surface area contributed by atoms with Gasteiger partial charge in [-0.1, -0.05) is 29.8 Å². The molecular formula is C15H17Cl2FN2O. The zero-order valence-corrected chi connectivity index (χ0v) is 13.0. The monoisotopic (exact) mass is 330 g/mol. The Labute approximate surface area is 134 Å². The van der Waals surface area contributed by atoms with E-state index >= 15 is 0 Å². The minimum absolute atomic E-state index is 0. The first-order valence-corrected chi connectivity index (χ1v) is 7.18. The standard InChI is InChI=1S/C15H16ClFN2O.ClH/c16-12-3-1-4-13(17)11(12)9-19(10-6-7-10)15(20)14-5-2-8-18-14;/h1-5,10,14,18H,6-9H2;1H. The van der Waals surface area contributed by atoms with Gasteiger partial charge in [0.2, 0.25) is 5.91 Å². The van der Waals surface area contributed by atoms with Crippen LogP contribution in [0.15, 0.2) is 30.4 Å². The summed E-state index contributed by atoms with van der Waals surface area (Å²) in [6.07, 6.45) is 5.76. The molecular weight excluding hydrogens is 314 g/mol. The lowest BCUT2D eigenvalue weighted by Crippen LogP contribution is -2.44. The lowest BCUT2D eigenvalue weighted by molar-refractivity contribution is -0.133. The molecule has 1 fully saturated rings. The predicted molar refractivity (Wildman–Crippen MR) is 83.2 cm³/mol. The van der Waals surface area contributed by atoms with E-state index in [0.717, 1.165) is 12.8 Å². The highest BCUT2D eigenvalue weighted by atomic mass is 35.5. The lowest BCUT2D eigenvalue weighted by atomic mass is 10.1. The van der Waals surface area contributed by atoms with E-state index in [-0.39, 0.29) is 42.8 Å². The smallest absolute Gasteiger partial charge is 0.244 e. The Balaban J connectivity index is 0.00000161. The summed E-state index contributed by atoms with van der Waals surface area (Å²) in [5.74, 6) is -0.355. The first-order valence-electron chi connectivity index (χ1n) is 6.80. The van der Waals surface area contributed by atoms with Gasteiger partial charge in [0, 0.05) is 23.2 Å². The van der Waals surface area contributed by atoms with Gasteiger partial charge in [-0.25, -0.2) is 4.39 Å². The van der Waals surface area contributed by atoms with Crippen molar-refractivity contribution in [1.29, 1.82) is 0 Å². The van der Waals surface area contributed by atoms with Crippen molar-refractivity contribution in [2.45, 2.75) is 31.5 Å². The maximum absolute atomic E-state index is 13.9. The maximum Gasteiger partial charge on any atom is 0.244 e. The molecule has 1 heterocycles. The van der Waals surface area contributed by atoms with Gasteiger partial charge in [-0.05, 0) is 25.0 Å². The molecule has 0 bridgehead atoms. The minimum Gasteiger partial charge on any atom is -0.334 e. The van der Waals surface area contributed by atoms with Gasteiger partial charge in [-0.3, -0.25) is 10.1 Å². The fraction of sp³-hybridized carbons (Fsp3) is 0.400. The van der Waals surface area contributed by atoms with E-state index in [1.165, 1.54) is 6.07 Å². The van der Waals surface area contributed by atoms with E-state index in [9.17, 15) is 9.18 Å². The average molecular weight is 331 g/mol. The van der Waals surface area contributed by atoms with Crippen molar-refractivity contribution in [3.05, 3.63) is 46.8 Å². The molecule has 1 atom stereocenters. The second-order valence-electron chi connectivity index (χ2n) is 5.21.